The lowest BCUT2D eigenvalue weighted by molar-refractivity contribution is 0.427. The molecule has 0 saturated carbocycles. The van der Waals surface area contributed by atoms with Crippen LogP contribution in [0.3, 0.4) is 0 Å². The molecule has 0 bridgehead atoms. The van der Waals surface area contributed by atoms with Crippen molar-refractivity contribution < 1.29 is 0 Å². The van der Waals surface area contributed by atoms with Gasteiger partial charge in [-0.3, -0.25) is 0 Å². The van der Waals surface area contributed by atoms with Crippen LogP contribution in [0.25, 0.3) is 0 Å². The third-order valence-corrected chi connectivity index (χ3v) is 9.51. The van der Waals surface area contributed by atoms with Gasteiger partial charge in [0.25, 0.3) is 0 Å². The van der Waals surface area contributed by atoms with Crippen molar-refractivity contribution >= 4 is 34.1 Å². The standard InChI is InChI=1S/C46H48N2/c1-33(2)32-46(7,38-16-28-44(29-17-38)47(40-20-8-34(3)9-21-40)41-22-10-35(4)11-23-41)39-18-30-45(31-19-39)48(42-24-12-36(5)13-25-42)43-26-14-37(6)15-27-43/h8-31,33H,32H2,1-7H3. The fourth-order valence-corrected chi connectivity index (χ4v) is 6.85. The first-order valence-electron chi connectivity index (χ1n) is 17.2. The summed E-state index contributed by atoms with van der Waals surface area (Å²) in [5.41, 5.74) is 14.5. The van der Waals surface area contributed by atoms with Crippen molar-refractivity contribution in [2.45, 2.75) is 60.3 Å². The van der Waals surface area contributed by atoms with Gasteiger partial charge in [0.15, 0.2) is 0 Å². The first-order chi connectivity index (χ1) is 23.1. The van der Waals surface area contributed by atoms with Crippen molar-refractivity contribution in [2.24, 2.45) is 5.92 Å². The summed E-state index contributed by atoms with van der Waals surface area (Å²) >= 11 is 0. The van der Waals surface area contributed by atoms with E-state index in [1.165, 1.54) is 33.4 Å². The molecule has 0 aliphatic carbocycles. The van der Waals surface area contributed by atoms with Gasteiger partial charge in [0.1, 0.15) is 0 Å². The highest BCUT2D eigenvalue weighted by Crippen LogP contribution is 2.42. The third-order valence-electron chi connectivity index (χ3n) is 9.51. The van der Waals surface area contributed by atoms with E-state index in [0.29, 0.717) is 5.92 Å². The van der Waals surface area contributed by atoms with Gasteiger partial charge < -0.3 is 9.80 Å². The first kappa shape index (κ1) is 32.8. The highest BCUT2D eigenvalue weighted by atomic mass is 15.1. The summed E-state index contributed by atoms with van der Waals surface area (Å²) in [6.45, 7) is 15.6. The van der Waals surface area contributed by atoms with Crippen molar-refractivity contribution in [2.75, 3.05) is 9.80 Å². The maximum Gasteiger partial charge on any atom is 0.0461 e. The minimum atomic E-state index is -0.150. The Morgan fingerprint density at radius 1 is 0.375 bits per heavy atom. The van der Waals surface area contributed by atoms with Crippen LogP contribution < -0.4 is 9.80 Å². The number of aryl methyl sites for hydroxylation is 4. The van der Waals surface area contributed by atoms with E-state index in [2.05, 4.69) is 204 Å². The highest BCUT2D eigenvalue weighted by molar-refractivity contribution is 5.78. The van der Waals surface area contributed by atoms with Crippen LogP contribution >= 0.6 is 0 Å². The maximum absolute atomic E-state index is 2.41. The van der Waals surface area contributed by atoms with Gasteiger partial charge in [0, 0.05) is 39.5 Å². The van der Waals surface area contributed by atoms with Gasteiger partial charge in [-0.25, -0.2) is 0 Å². The molecule has 6 rings (SSSR count). The van der Waals surface area contributed by atoms with Crippen LogP contribution in [0.15, 0.2) is 146 Å². The molecule has 2 nitrogen and oxygen atoms in total. The Bertz CT molecular complexity index is 1690. The Balaban J connectivity index is 1.37. The predicted molar refractivity (Wildman–Crippen MR) is 207 cm³/mol. The zero-order chi connectivity index (χ0) is 33.8. The van der Waals surface area contributed by atoms with Gasteiger partial charge in [-0.15, -0.1) is 0 Å². The number of nitrogens with zero attached hydrogens (tertiary/aromatic N) is 2. The molecule has 48 heavy (non-hydrogen) atoms. The summed E-state index contributed by atoms with van der Waals surface area (Å²) in [5, 5.41) is 0. The summed E-state index contributed by atoms with van der Waals surface area (Å²) in [6, 6.07) is 53.7. The Morgan fingerprint density at radius 3 is 0.792 bits per heavy atom. The Kier molecular flexibility index (Phi) is 9.55. The van der Waals surface area contributed by atoms with Crippen LogP contribution in [-0.4, -0.2) is 0 Å². The topological polar surface area (TPSA) is 6.48 Å². The Morgan fingerprint density at radius 2 is 0.583 bits per heavy atom. The van der Waals surface area contributed by atoms with Crippen LogP contribution in [0, 0.1) is 33.6 Å². The lowest BCUT2D eigenvalue weighted by Gasteiger charge is -2.34. The summed E-state index contributed by atoms with van der Waals surface area (Å²) in [7, 11) is 0. The van der Waals surface area contributed by atoms with E-state index >= 15 is 0 Å². The lowest BCUT2D eigenvalue weighted by Crippen LogP contribution is -2.26. The fraction of sp³-hybridized carbons (Fsp3) is 0.217. The number of rotatable bonds is 10. The third kappa shape index (κ3) is 7.09. The van der Waals surface area contributed by atoms with Crippen molar-refractivity contribution in [3.8, 4) is 0 Å². The number of hydrogen-bond acceptors (Lipinski definition) is 2. The van der Waals surface area contributed by atoms with Gasteiger partial charge in [-0.1, -0.05) is 116 Å². The highest BCUT2D eigenvalue weighted by Gasteiger charge is 2.30. The molecule has 6 aromatic carbocycles. The quantitative estimate of drug-likeness (QED) is 0.149. The Hall–Kier alpha value is -5.08. The average Bonchev–Trinajstić information content (AvgIpc) is 3.09. The second-order valence-electron chi connectivity index (χ2n) is 14.0. The lowest BCUT2D eigenvalue weighted by atomic mass is 9.71. The predicted octanol–water partition coefficient (Wildman–Crippen LogP) is 13.2. The molecule has 0 unspecified atom stereocenters. The first-order valence-corrected chi connectivity index (χ1v) is 17.2. The molecule has 0 aromatic heterocycles. The SMILES string of the molecule is Cc1ccc(N(c2ccc(C)cc2)c2ccc(C(C)(CC(C)C)c3ccc(N(c4ccc(C)cc4)c4ccc(C)cc4)cc3)cc2)cc1. The number of hydrogen-bond donors (Lipinski definition) is 0. The zero-order valence-electron chi connectivity index (χ0n) is 29.5. The maximum atomic E-state index is 2.41. The van der Waals surface area contributed by atoms with Crippen LogP contribution in [-0.2, 0) is 5.41 Å². The van der Waals surface area contributed by atoms with Crippen molar-refractivity contribution in [3.63, 3.8) is 0 Å². The molecular formula is C46H48N2. The number of benzene rings is 6. The minimum absolute atomic E-state index is 0.150. The second kappa shape index (κ2) is 14.0. The van der Waals surface area contributed by atoms with E-state index in [1.807, 2.05) is 0 Å². The van der Waals surface area contributed by atoms with Gasteiger partial charge in [0.2, 0.25) is 0 Å². The summed E-state index contributed by atoms with van der Waals surface area (Å²) < 4.78 is 0. The molecule has 0 fully saturated rings. The van der Waals surface area contributed by atoms with Gasteiger partial charge in [-0.2, -0.15) is 0 Å². The van der Waals surface area contributed by atoms with Gasteiger partial charge >= 0.3 is 0 Å². The van der Waals surface area contributed by atoms with Crippen molar-refractivity contribution in [3.05, 3.63) is 179 Å². The second-order valence-corrected chi connectivity index (χ2v) is 14.0. The fourth-order valence-electron chi connectivity index (χ4n) is 6.85. The molecular weight excluding hydrogens is 581 g/mol. The normalized spacial score (nSPS) is 11.5. The minimum Gasteiger partial charge on any atom is -0.311 e. The van der Waals surface area contributed by atoms with Gasteiger partial charge in [0.05, 0.1) is 0 Å². The zero-order valence-corrected chi connectivity index (χ0v) is 29.5. The smallest absolute Gasteiger partial charge is 0.0461 e. The van der Waals surface area contributed by atoms with Crippen LogP contribution in [0.5, 0.6) is 0 Å². The van der Waals surface area contributed by atoms with Crippen LogP contribution in [0.2, 0.25) is 0 Å². The van der Waals surface area contributed by atoms with Crippen LogP contribution in [0.4, 0.5) is 34.1 Å². The van der Waals surface area contributed by atoms with E-state index in [9.17, 15) is 0 Å². The molecule has 0 N–H and O–H groups in total. The molecule has 0 atom stereocenters. The van der Waals surface area contributed by atoms with Crippen molar-refractivity contribution in [1.29, 1.82) is 0 Å². The summed E-state index contributed by atoms with van der Waals surface area (Å²) in [6.07, 6.45) is 1.05. The molecule has 6 aromatic rings. The average molecular weight is 629 g/mol. The molecule has 0 aliphatic heterocycles. The molecule has 0 aliphatic rings. The van der Waals surface area contributed by atoms with E-state index in [-0.39, 0.29) is 5.41 Å². The molecule has 0 spiro atoms. The number of anilines is 6. The van der Waals surface area contributed by atoms with E-state index < -0.39 is 0 Å². The molecule has 0 heterocycles. The summed E-state index contributed by atoms with van der Waals surface area (Å²) in [4.78, 5) is 4.70. The monoisotopic (exact) mass is 628 g/mol. The summed E-state index contributed by atoms with van der Waals surface area (Å²) in [5.74, 6) is 0.530. The molecule has 0 amide bonds. The van der Waals surface area contributed by atoms with E-state index in [1.54, 1.807) is 0 Å². The molecule has 2 heteroatoms. The Labute approximate surface area is 288 Å². The van der Waals surface area contributed by atoms with E-state index in [4.69, 9.17) is 0 Å². The van der Waals surface area contributed by atoms with Crippen molar-refractivity contribution in [1.82, 2.24) is 0 Å². The largest absolute Gasteiger partial charge is 0.311 e. The van der Waals surface area contributed by atoms with Gasteiger partial charge in [-0.05, 0) is 124 Å². The molecule has 0 radical (unpaired) electrons. The molecule has 242 valence electrons. The van der Waals surface area contributed by atoms with E-state index in [0.717, 1.165) is 40.5 Å². The molecule has 0 saturated heterocycles. The van der Waals surface area contributed by atoms with Crippen LogP contribution in [0.1, 0.15) is 60.6 Å².